The molecule has 36 heavy (non-hydrogen) atoms. The van der Waals surface area contributed by atoms with Crippen molar-refractivity contribution < 1.29 is 22.8 Å². The van der Waals surface area contributed by atoms with Gasteiger partial charge in [0, 0.05) is 12.1 Å². The fourth-order valence-electron chi connectivity index (χ4n) is 3.27. The fourth-order valence-corrected chi connectivity index (χ4v) is 4.19. The first kappa shape index (κ1) is 27.3. The number of nitrogens with zero attached hydrogens (tertiary/aromatic N) is 3. The van der Waals surface area contributed by atoms with E-state index >= 15 is 0 Å². The van der Waals surface area contributed by atoms with Gasteiger partial charge >= 0.3 is 6.18 Å². The highest BCUT2D eigenvalue weighted by atomic mass is 35.5. The van der Waals surface area contributed by atoms with Crippen molar-refractivity contribution in [3.63, 3.8) is 0 Å². The van der Waals surface area contributed by atoms with Crippen molar-refractivity contribution in [2.24, 2.45) is 0 Å². The zero-order valence-electron chi connectivity index (χ0n) is 19.4. The minimum atomic E-state index is -4.57. The molecule has 7 nitrogen and oxygen atoms in total. The number of amides is 2. The summed E-state index contributed by atoms with van der Waals surface area (Å²) < 4.78 is 40.6. The van der Waals surface area contributed by atoms with Crippen molar-refractivity contribution >= 4 is 40.9 Å². The van der Waals surface area contributed by atoms with Crippen molar-refractivity contribution in [1.82, 2.24) is 20.1 Å². The molecule has 3 aromatic rings. The number of aryl methyl sites for hydroxylation is 1. The van der Waals surface area contributed by atoms with Gasteiger partial charge in [-0.25, -0.2) is 0 Å². The smallest absolute Gasteiger partial charge is 0.342 e. The lowest BCUT2D eigenvalue weighted by Crippen LogP contribution is -2.29. The predicted octanol–water partition coefficient (Wildman–Crippen LogP) is 5.67. The van der Waals surface area contributed by atoms with Crippen molar-refractivity contribution in [3.05, 3.63) is 82.7 Å². The van der Waals surface area contributed by atoms with Crippen molar-refractivity contribution in [2.45, 2.75) is 37.8 Å². The largest absolute Gasteiger partial charge is 0.416 e. The molecule has 3 rings (SSSR count). The van der Waals surface area contributed by atoms with Crippen LogP contribution in [-0.4, -0.2) is 32.3 Å². The van der Waals surface area contributed by atoms with Crippen molar-refractivity contribution in [1.29, 1.82) is 0 Å². The maximum atomic E-state index is 13.0. The Kier molecular flexibility index (Phi) is 8.80. The Labute approximate surface area is 215 Å². The molecule has 2 aromatic carbocycles. The Hall–Kier alpha value is -3.31. The van der Waals surface area contributed by atoms with Crippen molar-refractivity contribution in [3.8, 4) is 0 Å². The molecule has 12 heteroatoms. The number of benzene rings is 2. The first-order valence-electron chi connectivity index (χ1n) is 10.7. The quantitative estimate of drug-likeness (QED) is 0.271. The number of rotatable bonds is 9. The highest BCUT2D eigenvalue weighted by molar-refractivity contribution is 7.99. The van der Waals surface area contributed by atoms with Crippen LogP contribution in [0.5, 0.6) is 0 Å². The van der Waals surface area contributed by atoms with Gasteiger partial charge in [0.15, 0.2) is 11.0 Å². The molecular weight excluding hydrogens is 515 g/mol. The van der Waals surface area contributed by atoms with Crippen molar-refractivity contribution in [2.75, 3.05) is 11.1 Å². The number of halogens is 4. The third-order valence-electron chi connectivity index (χ3n) is 4.97. The van der Waals surface area contributed by atoms with Crippen LogP contribution < -0.4 is 10.6 Å². The number of aromatic nitrogens is 3. The van der Waals surface area contributed by atoms with Crippen LogP contribution in [0.4, 0.5) is 18.9 Å². The van der Waals surface area contributed by atoms with Crippen LogP contribution in [0.1, 0.15) is 40.3 Å². The van der Waals surface area contributed by atoms with Gasteiger partial charge in [0.05, 0.1) is 28.1 Å². The lowest BCUT2D eigenvalue weighted by Gasteiger charge is -2.15. The Bertz CT molecular complexity index is 1280. The summed E-state index contributed by atoms with van der Waals surface area (Å²) in [5.41, 5.74) is 0.398. The van der Waals surface area contributed by atoms with Crippen LogP contribution in [0.3, 0.4) is 0 Å². The standard InChI is InChI=1S/C24H23ClF3N5O2S/c1-4-10-33-21(15(3)29-22(35)16-7-5-6-14(2)11-16)31-32-23(33)36-13-20(34)30-19-12-17(24(26,27)28)8-9-18(19)25/h4-9,11-12,15H,1,10,13H2,2-3H3,(H,29,35)(H,30,34)/t15-/m0/s1. The second-order valence-corrected chi connectivity index (χ2v) is 9.18. The zero-order valence-corrected chi connectivity index (χ0v) is 21.0. The summed E-state index contributed by atoms with van der Waals surface area (Å²) in [6.45, 7) is 7.69. The summed E-state index contributed by atoms with van der Waals surface area (Å²) in [7, 11) is 0. The van der Waals surface area contributed by atoms with Gasteiger partial charge in [-0.15, -0.1) is 16.8 Å². The van der Waals surface area contributed by atoms with Crippen LogP contribution >= 0.6 is 23.4 Å². The molecule has 0 fully saturated rings. The first-order valence-corrected chi connectivity index (χ1v) is 12.1. The molecule has 0 radical (unpaired) electrons. The molecule has 0 aliphatic heterocycles. The van der Waals surface area contributed by atoms with E-state index in [0.29, 0.717) is 23.1 Å². The summed E-state index contributed by atoms with van der Waals surface area (Å²) >= 11 is 6.98. The average molecular weight is 538 g/mol. The highest BCUT2D eigenvalue weighted by Gasteiger charge is 2.31. The molecule has 0 saturated heterocycles. The van der Waals surface area contributed by atoms with E-state index in [0.717, 1.165) is 35.5 Å². The molecule has 0 saturated carbocycles. The van der Waals surface area contributed by atoms with Gasteiger partial charge in [-0.05, 0) is 44.2 Å². The van der Waals surface area contributed by atoms with E-state index in [9.17, 15) is 22.8 Å². The van der Waals surface area contributed by atoms with E-state index in [1.807, 2.05) is 13.0 Å². The Morgan fingerprint density at radius 2 is 1.97 bits per heavy atom. The lowest BCUT2D eigenvalue weighted by molar-refractivity contribution is -0.137. The lowest BCUT2D eigenvalue weighted by atomic mass is 10.1. The Morgan fingerprint density at radius 3 is 2.64 bits per heavy atom. The topological polar surface area (TPSA) is 88.9 Å². The van der Waals surface area contributed by atoms with Gasteiger partial charge in [0.1, 0.15) is 0 Å². The number of carbonyl (C=O) groups is 2. The average Bonchev–Trinajstić information content (AvgIpc) is 3.21. The summed E-state index contributed by atoms with van der Waals surface area (Å²) in [4.78, 5) is 25.1. The predicted molar refractivity (Wildman–Crippen MR) is 133 cm³/mol. The molecule has 1 atom stereocenters. The molecule has 2 amide bonds. The monoisotopic (exact) mass is 537 g/mol. The summed E-state index contributed by atoms with van der Waals surface area (Å²) in [6, 6.07) is 9.35. The number of nitrogens with one attached hydrogen (secondary N) is 2. The summed E-state index contributed by atoms with van der Waals surface area (Å²) in [5.74, 6) is -0.548. The van der Waals surface area contributed by atoms with Crippen LogP contribution in [0.15, 0.2) is 60.3 Å². The number of thioether (sulfide) groups is 1. The van der Waals surface area contributed by atoms with E-state index in [4.69, 9.17) is 11.6 Å². The zero-order chi connectivity index (χ0) is 26.5. The number of carbonyl (C=O) groups excluding carboxylic acids is 2. The first-order chi connectivity index (χ1) is 17.0. The molecule has 1 heterocycles. The number of hydrogen-bond donors (Lipinski definition) is 2. The molecule has 2 N–H and O–H groups in total. The maximum Gasteiger partial charge on any atom is 0.416 e. The molecule has 0 unspecified atom stereocenters. The third-order valence-corrected chi connectivity index (χ3v) is 6.27. The number of alkyl halides is 3. The number of anilines is 1. The molecule has 190 valence electrons. The molecule has 0 aliphatic carbocycles. The van der Waals surface area contributed by atoms with Gasteiger partial charge < -0.3 is 15.2 Å². The van der Waals surface area contributed by atoms with Gasteiger partial charge in [0.25, 0.3) is 5.91 Å². The van der Waals surface area contributed by atoms with Gasteiger partial charge in [-0.3, -0.25) is 9.59 Å². The molecule has 0 aliphatic rings. The minimum Gasteiger partial charge on any atom is -0.342 e. The molecule has 1 aromatic heterocycles. The molecular formula is C24H23ClF3N5O2S. The normalized spacial score (nSPS) is 12.2. The van der Waals surface area contributed by atoms with Crippen LogP contribution in [0.2, 0.25) is 5.02 Å². The van der Waals surface area contributed by atoms with Crippen LogP contribution in [-0.2, 0) is 17.5 Å². The van der Waals surface area contributed by atoms with Gasteiger partial charge in [-0.1, -0.05) is 47.1 Å². The summed E-state index contributed by atoms with van der Waals surface area (Å²) in [6.07, 6.45) is -2.95. The summed E-state index contributed by atoms with van der Waals surface area (Å²) in [5, 5.41) is 13.9. The second kappa shape index (κ2) is 11.6. The second-order valence-electron chi connectivity index (χ2n) is 7.83. The maximum absolute atomic E-state index is 13.0. The number of allylic oxidation sites excluding steroid dienone is 1. The van der Waals surface area contributed by atoms with E-state index in [-0.39, 0.29) is 22.4 Å². The van der Waals surface area contributed by atoms with E-state index < -0.39 is 23.7 Å². The minimum absolute atomic E-state index is 0.0170. The van der Waals surface area contributed by atoms with E-state index in [1.165, 1.54) is 0 Å². The highest BCUT2D eigenvalue weighted by Crippen LogP contribution is 2.34. The fraction of sp³-hybridized carbons (Fsp3) is 0.250. The molecule has 0 spiro atoms. The third kappa shape index (κ3) is 6.88. The number of hydrogen-bond acceptors (Lipinski definition) is 5. The van der Waals surface area contributed by atoms with E-state index in [2.05, 4.69) is 27.4 Å². The van der Waals surface area contributed by atoms with Crippen LogP contribution in [0.25, 0.3) is 0 Å². The van der Waals surface area contributed by atoms with Gasteiger partial charge in [0.2, 0.25) is 5.91 Å². The van der Waals surface area contributed by atoms with Crippen LogP contribution in [0, 0.1) is 6.92 Å². The Balaban J connectivity index is 1.69. The van der Waals surface area contributed by atoms with Gasteiger partial charge in [-0.2, -0.15) is 13.2 Å². The SMILES string of the molecule is C=CCn1c(SCC(=O)Nc2cc(C(F)(F)F)ccc2Cl)nnc1[C@H](C)NC(=O)c1cccc(C)c1. The Morgan fingerprint density at radius 1 is 1.22 bits per heavy atom. The van der Waals surface area contributed by atoms with E-state index in [1.54, 1.807) is 35.8 Å². The molecule has 0 bridgehead atoms.